The molecule has 1 amide bonds. The first-order valence-electron chi connectivity index (χ1n) is 7.82. The predicted molar refractivity (Wildman–Crippen MR) is 90.8 cm³/mol. The molecular formula is C17H21N3OS. The van der Waals surface area contributed by atoms with Gasteiger partial charge in [-0.2, -0.15) is 0 Å². The van der Waals surface area contributed by atoms with Crippen LogP contribution in [0.3, 0.4) is 0 Å². The summed E-state index contributed by atoms with van der Waals surface area (Å²) < 4.78 is 0. The van der Waals surface area contributed by atoms with Gasteiger partial charge in [0.2, 0.25) is 5.91 Å². The number of benzene rings is 1. The van der Waals surface area contributed by atoms with E-state index in [1.807, 2.05) is 31.2 Å². The molecule has 0 atom stereocenters. The summed E-state index contributed by atoms with van der Waals surface area (Å²) in [5, 5.41) is 3.11. The molecule has 1 aliphatic carbocycles. The SMILES string of the molecule is Cc1nc2ccccc2nc1CSCC(=O)NC1CCCC1. The maximum atomic E-state index is 11.9. The van der Waals surface area contributed by atoms with Gasteiger partial charge in [0, 0.05) is 11.8 Å². The van der Waals surface area contributed by atoms with Gasteiger partial charge in [-0.25, -0.2) is 9.97 Å². The van der Waals surface area contributed by atoms with E-state index in [0.717, 1.165) is 41.0 Å². The van der Waals surface area contributed by atoms with Gasteiger partial charge in [-0.1, -0.05) is 25.0 Å². The van der Waals surface area contributed by atoms with Gasteiger partial charge in [0.25, 0.3) is 0 Å². The second kappa shape index (κ2) is 7.09. The van der Waals surface area contributed by atoms with Crippen LogP contribution in [0, 0.1) is 6.92 Å². The molecule has 5 heteroatoms. The zero-order chi connectivity index (χ0) is 15.4. The van der Waals surface area contributed by atoms with Crippen LogP contribution in [0.4, 0.5) is 0 Å². The molecular weight excluding hydrogens is 294 g/mol. The number of hydrogen-bond donors (Lipinski definition) is 1. The largest absolute Gasteiger partial charge is 0.353 e. The van der Waals surface area contributed by atoms with E-state index in [1.165, 1.54) is 12.8 Å². The van der Waals surface area contributed by atoms with Crippen LogP contribution in [0.15, 0.2) is 24.3 Å². The second-order valence-corrected chi connectivity index (χ2v) is 6.77. The van der Waals surface area contributed by atoms with E-state index in [2.05, 4.69) is 15.3 Å². The molecule has 0 unspecified atom stereocenters. The van der Waals surface area contributed by atoms with Crippen LogP contribution in [0.5, 0.6) is 0 Å². The molecule has 0 bridgehead atoms. The third kappa shape index (κ3) is 3.77. The number of aromatic nitrogens is 2. The summed E-state index contributed by atoms with van der Waals surface area (Å²) in [6, 6.07) is 8.29. The third-order valence-electron chi connectivity index (χ3n) is 4.04. The Hall–Kier alpha value is -1.62. The second-order valence-electron chi connectivity index (χ2n) is 5.79. The molecule has 0 aliphatic heterocycles. The Morgan fingerprint density at radius 2 is 1.91 bits per heavy atom. The minimum Gasteiger partial charge on any atom is -0.353 e. The smallest absolute Gasteiger partial charge is 0.230 e. The van der Waals surface area contributed by atoms with Crippen molar-refractivity contribution in [3.8, 4) is 0 Å². The lowest BCUT2D eigenvalue weighted by atomic mass is 10.2. The molecule has 4 nitrogen and oxygen atoms in total. The summed E-state index contributed by atoms with van der Waals surface area (Å²) >= 11 is 1.61. The summed E-state index contributed by atoms with van der Waals surface area (Å²) in [5.41, 5.74) is 3.76. The van der Waals surface area contributed by atoms with Crippen molar-refractivity contribution in [2.24, 2.45) is 0 Å². The average molecular weight is 315 g/mol. The Bertz CT molecular complexity index is 668. The highest BCUT2D eigenvalue weighted by molar-refractivity contribution is 7.99. The first kappa shape index (κ1) is 15.3. The van der Waals surface area contributed by atoms with Crippen molar-refractivity contribution in [2.45, 2.75) is 44.4 Å². The Morgan fingerprint density at radius 3 is 2.64 bits per heavy atom. The third-order valence-corrected chi connectivity index (χ3v) is 4.98. The number of aryl methyl sites for hydroxylation is 1. The highest BCUT2D eigenvalue weighted by atomic mass is 32.2. The topological polar surface area (TPSA) is 54.9 Å². The van der Waals surface area contributed by atoms with Crippen LogP contribution in [0.1, 0.15) is 37.1 Å². The van der Waals surface area contributed by atoms with E-state index in [1.54, 1.807) is 11.8 Å². The Morgan fingerprint density at radius 1 is 1.23 bits per heavy atom. The first-order chi connectivity index (χ1) is 10.7. The number of carbonyl (C=O) groups is 1. The molecule has 1 aliphatic rings. The maximum absolute atomic E-state index is 11.9. The Kier molecular flexibility index (Phi) is 4.93. The molecule has 3 rings (SSSR count). The van der Waals surface area contributed by atoms with E-state index in [0.29, 0.717) is 11.8 Å². The summed E-state index contributed by atoms with van der Waals surface area (Å²) in [5.74, 6) is 1.36. The van der Waals surface area contributed by atoms with Crippen molar-refractivity contribution in [3.63, 3.8) is 0 Å². The van der Waals surface area contributed by atoms with E-state index in [4.69, 9.17) is 0 Å². The zero-order valence-electron chi connectivity index (χ0n) is 12.8. The maximum Gasteiger partial charge on any atom is 0.230 e. The van der Waals surface area contributed by atoms with E-state index >= 15 is 0 Å². The number of fused-ring (bicyclic) bond motifs is 1. The minimum atomic E-state index is 0.142. The standard InChI is InChI=1S/C17H21N3OS/c1-12-16(20-15-9-5-4-8-14(15)18-12)10-22-11-17(21)19-13-6-2-3-7-13/h4-5,8-9,13H,2-3,6-7,10-11H2,1H3,(H,19,21). The molecule has 1 heterocycles. The lowest BCUT2D eigenvalue weighted by molar-refractivity contribution is -0.119. The summed E-state index contributed by atoms with van der Waals surface area (Å²) in [6.07, 6.45) is 4.74. The van der Waals surface area contributed by atoms with Crippen molar-refractivity contribution in [2.75, 3.05) is 5.75 Å². The first-order valence-corrected chi connectivity index (χ1v) is 8.97. The van der Waals surface area contributed by atoms with Gasteiger partial charge in [-0.3, -0.25) is 4.79 Å². The van der Waals surface area contributed by atoms with Crippen molar-refractivity contribution < 1.29 is 4.79 Å². The summed E-state index contributed by atoms with van der Waals surface area (Å²) in [7, 11) is 0. The van der Waals surface area contributed by atoms with E-state index < -0.39 is 0 Å². The van der Waals surface area contributed by atoms with Crippen molar-refractivity contribution in [3.05, 3.63) is 35.7 Å². The Labute approximate surface area is 135 Å². The molecule has 0 saturated heterocycles. The van der Waals surface area contributed by atoms with Crippen LogP contribution in [0.2, 0.25) is 0 Å². The predicted octanol–water partition coefficient (Wildman–Crippen LogP) is 3.23. The lowest BCUT2D eigenvalue weighted by Crippen LogP contribution is -2.33. The van der Waals surface area contributed by atoms with Gasteiger partial charge in [0.15, 0.2) is 0 Å². The van der Waals surface area contributed by atoms with Crippen molar-refractivity contribution in [1.82, 2.24) is 15.3 Å². The molecule has 2 aromatic rings. The monoisotopic (exact) mass is 315 g/mol. The minimum absolute atomic E-state index is 0.142. The van der Waals surface area contributed by atoms with E-state index in [-0.39, 0.29) is 5.91 Å². The number of para-hydroxylation sites is 2. The quantitative estimate of drug-likeness (QED) is 0.920. The number of amides is 1. The average Bonchev–Trinajstić information content (AvgIpc) is 3.00. The zero-order valence-corrected chi connectivity index (χ0v) is 13.7. The molecule has 0 spiro atoms. The van der Waals surface area contributed by atoms with Crippen LogP contribution < -0.4 is 5.32 Å². The number of nitrogens with one attached hydrogen (secondary N) is 1. The molecule has 1 aromatic carbocycles. The molecule has 1 aromatic heterocycles. The van der Waals surface area contributed by atoms with Crippen LogP contribution in [-0.4, -0.2) is 27.7 Å². The molecule has 1 fully saturated rings. The number of carbonyl (C=O) groups excluding carboxylic acids is 1. The highest BCUT2D eigenvalue weighted by Crippen LogP contribution is 2.19. The normalized spacial score (nSPS) is 15.3. The van der Waals surface area contributed by atoms with Gasteiger partial charge >= 0.3 is 0 Å². The highest BCUT2D eigenvalue weighted by Gasteiger charge is 2.17. The molecule has 22 heavy (non-hydrogen) atoms. The van der Waals surface area contributed by atoms with Crippen LogP contribution in [-0.2, 0) is 10.5 Å². The molecule has 1 saturated carbocycles. The summed E-state index contributed by atoms with van der Waals surface area (Å²) in [4.78, 5) is 21.2. The fraction of sp³-hybridized carbons (Fsp3) is 0.471. The van der Waals surface area contributed by atoms with E-state index in [9.17, 15) is 4.79 Å². The van der Waals surface area contributed by atoms with Crippen LogP contribution in [0.25, 0.3) is 11.0 Å². The number of hydrogen-bond acceptors (Lipinski definition) is 4. The number of nitrogens with zero attached hydrogens (tertiary/aromatic N) is 2. The van der Waals surface area contributed by atoms with Gasteiger partial charge in [-0.05, 0) is 31.9 Å². The molecule has 1 N–H and O–H groups in total. The molecule has 0 radical (unpaired) electrons. The molecule has 116 valence electrons. The van der Waals surface area contributed by atoms with Gasteiger partial charge < -0.3 is 5.32 Å². The number of rotatable bonds is 5. The van der Waals surface area contributed by atoms with Crippen molar-refractivity contribution >= 4 is 28.7 Å². The number of thioether (sulfide) groups is 1. The summed E-state index contributed by atoms with van der Waals surface area (Å²) in [6.45, 7) is 1.98. The van der Waals surface area contributed by atoms with Gasteiger partial charge in [0.05, 0.1) is 28.2 Å². The van der Waals surface area contributed by atoms with Gasteiger partial charge in [-0.15, -0.1) is 11.8 Å². The fourth-order valence-corrected chi connectivity index (χ4v) is 3.68. The fourth-order valence-electron chi connectivity index (χ4n) is 2.84. The van der Waals surface area contributed by atoms with Gasteiger partial charge in [0.1, 0.15) is 0 Å². The Balaban J connectivity index is 1.54. The lowest BCUT2D eigenvalue weighted by Gasteiger charge is -2.11. The van der Waals surface area contributed by atoms with Crippen molar-refractivity contribution in [1.29, 1.82) is 0 Å². The van der Waals surface area contributed by atoms with Crippen LogP contribution >= 0.6 is 11.8 Å².